The van der Waals surface area contributed by atoms with Crippen molar-refractivity contribution in [1.29, 1.82) is 0 Å². The van der Waals surface area contributed by atoms with E-state index in [2.05, 4.69) is 6.58 Å². The first kappa shape index (κ1) is 15.0. The molecule has 0 aliphatic carbocycles. The third kappa shape index (κ3) is 7.34. The standard InChI is InChI=1S/C11H18O4S/c1-8(2)15-10(12)7-9(3)11(13)14-5-6-16-4/h8H,3,5-7H2,1-2,4H3. The fourth-order valence-electron chi connectivity index (χ4n) is 0.871. The van der Waals surface area contributed by atoms with Crippen LogP contribution in [0.3, 0.4) is 0 Å². The minimum atomic E-state index is -0.533. The maximum Gasteiger partial charge on any atom is 0.334 e. The Morgan fingerprint density at radius 1 is 1.38 bits per heavy atom. The Labute approximate surface area is 100 Å². The summed E-state index contributed by atoms with van der Waals surface area (Å²) < 4.78 is 9.77. The summed E-state index contributed by atoms with van der Waals surface area (Å²) in [6, 6.07) is 0. The van der Waals surface area contributed by atoms with Crippen LogP contribution in [-0.4, -0.2) is 36.7 Å². The van der Waals surface area contributed by atoms with Crippen molar-refractivity contribution in [3.8, 4) is 0 Å². The quantitative estimate of drug-likeness (QED) is 0.389. The molecule has 0 N–H and O–H groups in total. The van der Waals surface area contributed by atoms with Crippen molar-refractivity contribution in [1.82, 2.24) is 0 Å². The molecule has 0 saturated carbocycles. The molecule has 0 atom stereocenters. The van der Waals surface area contributed by atoms with Gasteiger partial charge < -0.3 is 9.47 Å². The van der Waals surface area contributed by atoms with Crippen LogP contribution >= 0.6 is 11.8 Å². The van der Waals surface area contributed by atoms with Crippen LogP contribution in [0.2, 0.25) is 0 Å². The highest BCUT2D eigenvalue weighted by Crippen LogP contribution is 2.05. The van der Waals surface area contributed by atoms with Gasteiger partial charge in [-0.2, -0.15) is 11.8 Å². The summed E-state index contributed by atoms with van der Waals surface area (Å²) in [6.45, 7) is 7.32. The van der Waals surface area contributed by atoms with Crippen molar-refractivity contribution in [3.05, 3.63) is 12.2 Å². The summed E-state index contributed by atoms with van der Waals surface area (Å²) >= 11 is 1.58. The van der Waals surface area contributed by atoms with E-state index in [-0.39, 0.29) is 18.1 Å². The topological polar surface area (TPSA) is 52.6 Å². The Balaban J connectivity index is 3.87. The number of hydrogen-bond donors (Lipinski definition) is 0. The molecule has 0 aliphatic rings. The first-order chi connectivity index (χ1) is 7.47. The molecule has 92 valence electrons. The lowest BCUT2D eigenvalue weighted by atomic mass is 10.2. The molecule has 0 aliphatic heterocycles. The van der Waals surface area contributed by atoms with E-state index in [9.17, 15) is 9.59 Å². The maximum absolute atomic E-state index is 11.3. The van der Waals surface area contributed by atoms with E-state index < -0.39 is 11.9 Å². The van der Waals surface area contributed by atoms with E-state index in [4.69, 9.17) is 9.47 Å². The van der Waals surface area contributed by atoms with Crippen molar-refractivity contribution < 1.29 is 19.1 Å². The Morgan fingerprint density at radius 3 is 2.50 bits per heavy atom. The van der Waals surface area contributed by atoms with Gasteiger partial charge in [0.2, 0.25) is 0 Å². The van der Waals surface area contributed by atoms with Crippen molar-refractivity contribution >= 4 is 23.7 Å². The number of esters is 2. The highest BCUT2D eigenvalue weighted by molar-refractivity contribution is 7.98. The molecule has 0 unspecified atom stereocenters. The van der Waals surface area contributed by atoms with Crippen LogP contribution in [-0.2, 0) is 19.1 Å². The van der Waals surface area contributed by atoms with E-state index >= 15 is 0 Å². The van der Waals surface area contributed by atoms with Gasteiger partial charge in [-0.05, 0) is 20.1 Å². The Morgan fingerprint density at radius 2 is 2.00 bits per heavy atom. The Bertz CT molecular complexity index is 261. The van der Waals surface area contributed by atoms with Crippen LogP contribution in [0.5, 0.6) is 0 Å². The number of carbonyl (C=O) groups is 2. The average Bonchev–Trinajstić information content (AvgIpc) is 2.16. The summed E-state index contributed by atoms with van der Waals surface area (Å²) in [5.41, 5.74) is 0.131. The molecule has 0 rings (SSSR count). The number of carbonyl (C=O) groups excluding carboxylic acids is 2. The van der Waals surface area contributed by atoms with Crippen molar-refractivity contribution in [2.75, 3.05) is 18.6 Å². The Kier molecular flexibility index (Phi) is 7.72. The number of ether oxygens (including phenoxy) is 2. The van der Waals surface area contributed by atoms with Crippen LogP contribution in [0.15, 0.2) is 12.2 Å². The number of rotatable bonds is 7. The molecule has 0 aromatic heterocycles. The molecule has 4 nitrogen and oxygen atoms in total. The molecule has 0 aromatic rings. The zero-order valence-corrected chi connectivity index (χ0v) is 10.8. The molecular weight excluding hydrogens is 228 g/mol. The zero-order valence-electron chi connectivity index (χ0n) is 9.95. The van der Waals surface area contributed by atoms with Gasteiger partial charge in [-0.25, -0.2) is 4.79 Å². The summed E-state index contributed by atoms with van der Waals surface area (Å²) in [6.07, 6.45) is 1.62. The van der Waals surface area contributed by atoms with Gasteiger partial charge in [0.05, 0.1) is 12.5 Å². The second-order valence-corrected chi connectivity index (χ2v) is 4.43. The normalized spacial score (nSPS) is 10.0. The summed E-state index contributed by atoms with van der Waals surface area (Å²) in [5, 5.41) is 0. The molecule has 16 heavy (non-hydrogen) atoms. The summed E-state index contributed by atoms with van der Waals surface area (Å²) in [4.78, 5) is 22.5. The Hall–Kier alpha value is -0.970. The zero-order chi connectivity index (χ0) is 12.6. The third-order valence-electron chi connectivity index (χ3n) is 1.53. The summed E-state index contributed by atoms with van der Waals surface area (Å²) in [7, 11) is 0. The van der Waals surface area contributed by atoms with E-state index in [0.717, 1.165) is 5.75 Å². The molecule has 0 amide bonds. The average molecular weight is 246 g/mol. The predicted octanol–water partition coefficient (Wildman–Crippen LogP) is 1.79. The van der Waals surface area contributed by atoms with Crippen LogP contribution in [0.4, 0.5) is 0 Å². The van der Waals surface area contributed by atoms with Gasteiger partial charge >= 0.3 is 11.9 Å². The molecule has 0 bridgehead atoms. The van der Waals surface area contributed by atoms with Gasteiger partial charge in [0, 0.05) is 11.3 Å². The SMILES string of the molecule is C=C(CC(=O)OC(C)C)C(=O)OCCSC. The third-order valence-corrected chi connectivity index (χ3v) is 2.11. The van der Waals surface area contributed by atoms with E-state index in [1.165, 1.54) is 0 Å². The predicted molar refractivity (Wildman–Crippen MR) is 64.3 cm³/mol. The molecule has 0 radical (unpaired) electrons. The second-order valence-electron chi connectivity index (χ2n) is 3.45. The smallest absolute Gasteiger partial charge is 0.334 e. The lowest BCUT2D eigenvalue weighted by Gasteiger charge is -2.09. The lowest BCUT2D eigenvalue weighted by Crippen LogP contribution is -2.16. The molecule has 5 heteroatoms. The summed E-state index contributed by atoms with van der Waals surface area (Å²) in [5.74, 6) is -0.258. The van der Waals surface area contributed by atoms with Gasteiger partial charge in [0.25, 0.3) is 0 Å². The number of hydrogen-bond acceptors (Lipinski definition) is 5. The van der Waals surface area contributed by atoms with Gasteiger partial charge in [-0.1, -0.05) is 6.58 Å². The highest BCUT2D eigenvalue weighted by Gasteiger charge is 2.14. The molecule has 0 fully saturated rings. The van der Waals surface area contributed by atoms with E-state index in [1.807, 2.05) is 6.26 Å². The molecule has 0 saturated heterocycles. The van der Waals surface area contributed by atoms with Gasteiger partial charge in [0.1, 0.15) is 6.61 Å². The van der Waals surface area contributed by atoms with Crippen LogP contribution in [0.1, 0.15) is 20.3 Å². The molecular formula is C11H18O4S. The van der Waals surface area contributed by atoms with E-state index in [1.54, 1.807) is 25.6 Å². The first-order valence-electron chi connectivity index (χ1n) is 5.00. The highest BCUT2D eigenvalue weighted by atomic mass is 32.2. The minimum Gasteiger partial charge on any atom is -0.463 e. The van der Waals surface area contributed by atoms with Crippen molar-refractivity contribution in [2.45, 2.75) is 26.4 Å². The van der Waals surface area contributed by atoms with Gasteiger partial charge in [-0.15, -0.1) is 0 Å². The van der Waals surface area contributed by atoms with Crippen molar-refractivity contribution in [3.63, 3.8) is 0 Å². The minimum absolute atomic E-state index is 0.115. The first-order valence-corrected chi connectivity index (χ1v) is 6.40. The van der Waals surface area contributed by atoms with Crippen LogP contribution < -0.4 is 0 Å². The fourth-order valence-corrected chi connectivity index (χ4v) is 1.12. The molecule has 0 aromatic carbocycles. The second kappa shape index (κ2) is 8.21. The van der Waals surface area contributed by atoms with Gasteiger partial charge in [0.15, 0.2) is 0 Å². The lowest BCUT2D eigenvalue weighted by molar-refractivity contribution is -0.148. The maximum atomic E-state index is 11.3. The van der Waals surface area contributed by atoms with Crippen LogP contribution in [0.25, 0.3) is 0 Å². The monoisotopic (exact) mass is 246 g/mol. The number of thioether (sulfide) groups is 1. The van der Waals surface area contributed by atoms with E-state index in [0.29, 0.717) is 6.61 Å². The molecule has 0 spiro atoms. The van der Waals surface area contributed by atoms with Crippen molar-refractivity contribution in [2.24, 2.45) is 0 Å². The molecule has 0 heterocycles. The largest absolute Gasteiger partial charge is 0.463 e. The van der Waals surface area contributed by atoms with Gasteiger partial charge in [-0.3, -0.25) is 4.79 Å². The fraction of sp³-hybridized carbons (Fsp3) is 0.636. The van der Waals surface area contributed by atoms with Crippen LogP contribution in [0, 0.1) is 0 Å².